The van der Waals surface area contributed by atoms with Crippen LogP contribution in [-0.4, -0.2) is 46.5 Å². The lowest BCUT2D eigenvalue weighted by Crippen LogP contribution is -2.32. The lowest BCUT2D eigenvalue weighted by molar-refractivity contribution is -0.142. The Hall–Kier alpha value is -0.710. The third kappa shape index (κ3) is 3.19. The molecule has 2 rings (SSSR count). The summed E-state index contributed by atoms with van der Waals surface area (Å²) in [4.78, 5) is 24.9. The third-order valence-electron chi connectivity index (χ3n) is 4.09. The maximum absolute atomic E-state index is 12.2. The molecule has 2 saturated heterocycles. The molecule has 0 bridgehead atoms. The van der Waals surface area contributed by atoms with Crippen molar-refractivity contribution >= 4 is 23.6 Å². The zero-order valence-electron chi connectivity index (χ0n) is 10.8. The number of carbonyl (C=O) groups is 2. The summed E-state index contributed by atoms with van der Waals surface area (Å²) in [6.45, 7) is 2.93. The van der Waals surface area contributed by atoms with E-state index in [0.717, 1.165) is 24.3 Å². The number of nitrogens with zero attached hydrogens (tertiary/aromatic N) is 1. The first-order chi connectivity index (χ1) is 8.58. The van der Waals surface area contributed by atoms with Gasteiger partial charge < -0.3 is 10.0 Å². The summed E-state index contributed by atoms with van der Waals surface area (Å²) in [6.07, 6.45) is 2.87. The SMILES string of the molecule is C[C@@H]1CN(C(=O)CC2CCSCC2)C[C@H]1C(=O)O. The van der Waals surface area contributed by atoms with E-state index in [9.17, 15) is 9.59 Å². The number of amides is 1. The molecule has 0 radical (unpaired) electrons. The van der Waals surface area contributed by atoms with Crippen molar-refractivity contribution in [2.24, 2.45) is 17.8 Å². The van der Waals surface area contributed by atoms with Crippen LogP contribution in [-0.2, 0) is 9.59 Å². The first-order valence-electron chi connectivity index (χ1n) is 6.66. The Bertz CT molecular complexity index is 328. The van der Waals surface area contributed by atoms with Crippen LogP contribution in [0.5, 0.6) is 0 Å². The molecule has 0 aromatic rings. The Morgan fingerprint density at radius 2 is 1.94 bits per heavy atom. The van der Waals surface area contributed by atoms with E-state index >= 15 is 0 Å². The Morgan fingerprint density at radius 3 is 2.50 bits per heavy atom. The molecular formula is C13H21NO3S. The van der Waals surface area contributed by atoms with E-state index in [1.165, 1.54) is 0 Å². The number of thioether (sulfide) groups is 1. The van der Waals surface area contributed by atoms with Crippen LogP contribution < -0.4 is 0 Å². The molecule has 1 amide bonds. The lowest BCUT2D eigenvalue weighted by Gasteiger charge is -2.23. The topological polar surface area (TPSA) is 57.6 Å². The van der Waals surface area contributed by atoms with Crippen LogP contribution in [0.1, 0.15) is 26.2 Å². The molecule has 0 aromatic heterocycles. The molecule has 1 N–H and O–H groups in total. The van der Waals surface area contributed by atoms with Crippen LogP contribution in [0.2, 0.25) is 0 Å². The number of carboxylic acid groups (broad SMARTS) is 1. The van der Waals surface area contributed by atoms with Crippen molar-refractivity contribution in [3.05, 3.63) is 0 Å². The summed E-state index contributed by atoms with van der Waals surface area (Å²) in [6, 6.07) is 0. The van der Waals surface area contributed by atoms with Crippen LogP contribution in [0.15, 0.2) is 0 Å². The second kappa shape index (κ2) is 5.95. The van der Waals surface area contributed by atoms with Gasteiger partial charge in [0, 0.05) is 19.5 Å². The van der Waals surface area contributed by atoms with Gasteiger partial charge in [-0.15, -0.1) is 0 Å². The Labute approximate surface area is 112 Å². The fourth-order valence-corrected chi connectivity index (χ4v) is 4.02. The molecular weight excluding hydrogens is 250 g/mol. The van der Waals surface area contributed by atoms with Gasteiger partial charge in [-0.25, -0.2) is 0 Å². The number of carboxylic acids is 1. The molecule has 4 nitrogen and oxygen atoms in total. The number of aliphatic carboxylic acids is 1. The van der Waals surface area contributed by atoms with Crippen molar-refractivity contribution in [1.29, 1.82) is 0 Å². The summed E-state index contributed by atoms with van der Waals surface area (Å²) in [5.41, 5.74) is 0. The van der Waals surface area contributed by atoms with Crippen LogP contribution in [0.3, 0.4) is 0 Å². The average Bonchev–Trinajstić information content (AvgIpc) is 2.73. The van der Waals surface area contributed by atoms with Gasteiger partial charge in [0.15, 0.2) is 0 Å². The molecule has 2 aliphatic rings. The molecule has 0 unspecified atom stereocenters. The molecule has 18 heavy (non-hydrogen) atoms. The van der Waals surface area contributed by atoms with Crippen molar-refractivity contribution in [1.82, 2.24) is 4.90 Å². The first kappa shape index (κ1) is 13.7. The maximum atomic E-state index is 12.2. The summed E-state index contributed by atoms with van der Waals surface area (Å²) in [7, 11) is 0. The molecule has 0 aromatic carbocycles. The summed E-state index contributed by atoms with van der Waals surface area (Å²) in [5, 5.41) is 9.06. The molecule has 0 aliphatic carbocycles. The highest BCUT2D eigenvalue weighted by Crippen LogP contribution is 2.28. The zero-order chi connectivity index (χ0) is 13.1. The molecule has 102 valence electrons. The number of hydrogen-bond acceptors (Lipinski definition) is 3. The molecule has 2 fully saturated rings. The number of hydrogen-bond donors (Lipinski definition) is 1. The van der Waals surface area contributed by atoms with Crippen LogP contribution >= 0.6 is 11.8 Å². The third-order valence-corrected chi connectivity index (χ3v) is 5.14. The minimum absolute atomic E-state index is 0.0772. The predicted octanol–water partition coefficient (Wildman–Crippen LogP) is 1.70. The van der Waals surface area contributed by atoms with Gasteiger partial charge in [0.1, 0.15) is 0 Å². The van der Waals surface area contributed by atoms with E-state index in [0.29, 0.717) is 25.4 Å². The standard InChI is InChI=1S/C13H21NO3S/c1-9-7-14(8-11(9)13(16)17)12(15)6-10-2-4-18-5-3-10/h9-11H,2-8H2,1H3,(H,16,17)/t9-,11-/m1/s1. The van der Waals surface area contributed by atoms with Gasteiger partial charge in [-0.05, 0) is 36.2 Å². The Morgan fingerprint density at radius 1 is 1.28 bits per heavy atom. The minimum atomic E-state index is -0.771. The monoisotopic (exact) mass is 271 g/mol. The average molecular weight is 271 g/mol. The van der Waals surface area contributed by atoms with Crippen molar-refractivity contribution in [3.8, 4) is 0 Å². The predicted molar refractivity (Wildman–Crippen MR) is 71.5 cm³/mol. The highest BCUT2D eigenvalue weighted by molar-refractivity contribution is 7.99. The van der Waals surface area contributed by atoms with Crippen molar-refractivity contribution in [2.45, 2.75) is 26.2 Å². The molecule has 2 heterocycles. The highest BCUT2D eigenvalue weighted by Gasteiger charge is 2.37. The van der Waals surface area contributed by atoms with Gasteiger partial charge in [-0.3, -0.25) is 9.59 Å². The van der Waals surface area contributed by atoms with E-state index in [1.54, 1.807) is 4.90 Å². The van der Waals surface area contributed by atoms with Crippen molar-refractivity contribution in [2.75, 3.05) is 24.6 Å². The summed E-state index contributed by atoms with van der Waals surface area (Å²) >= 11 is 1.96. The van der Waals surface area contributed by atoms with Crippen molar-refractivity contribution < 1.29 is 14.7 Å². The zero-order valence-corrected chi connectivity index (χ0v) is 11.6. The second-order valence-corrected chi connectivity index (χ2v) is 6.71. The largest absolute Gasteiger partial charge is 0.481 e. The van der Waals surface area contributed by atoms with Gasteiger partial charge in [0.2, 0.25) is 5.91 Å². The van der Waals surface area contributed by atoms with E-state index < -0.39 is 5.97 Å². The smallest absolute Gasteiger partial charge is 0.308 e. The number of likely N-dealkylation sites (tertiary alicyclic amines) is 1. The molecule has 0 spiro atoms. The number of rotatable bonds is 3. The molecule has 0 saturated carbocycles. The van der Waals surface area contributed by atoms with Gasteiger partial charge in [0.25, 0.3) is 0 Å². The van der Waals surface area contributed by atoms with Crippen LogP contribution in [0.25, 0.3) is 0 Å². The van der Waals surface area contributed by atoms with Gasteiger partial charge in [-0.1, -0.05) is 6.92 Å². The molecule has 2 atom stereocenters. The van der Waals surface area contributed by atoms with Gasteiger partial charge in [-0.2, -0.15) is 11.8 Å². The lowest BCUT2D eigenvalue weighted by atomic mass is 9.98. The van der Waals surface area contributed by atoms with Crippen molar-refractivity contribution in [3.63, 3.8) is 0 Å². The fourth-order valence-electron chi connectivity index (χ4n) is 2.82. The van der Waals surface area contributed by atoms with E-state index in [2.05, 4.69) is 0 Å². The molecule has 2 aliphatic heterocycles. The summed E-state index contributed by atoms with van der Waals surface area (Å²) < 4.78 is 0. The van der Waals surface area contributed by atoms with E-state index in [4.69, 9.17) is 5.11 Å². The van der Waals surface area contributed by atoms with Gasteiger partial charge in [0.05, 0.1) is 5.92 Å². The van der Waals surface area contributed by atoms with E-state index in [1.807, 2.05) is 18.7 Å². The fraction of sp³-hybridized carbons (Fsp3) is 0.846. The van der Waals surface area contributed by atoms with E-state index in [-0.39, 0.29) is 17.7 Å². The number of carbonyl (C=O) groups excluding carboxylic acids is 1. The quantitative estimate of drug-likeness (QED) is 0.849. The minimum Gasteiger partial charge on any atom is -0.481 e. The highest BCUT2D eigenvalue weighted by atomic mass is 32.2. The van der Waals surface area contributed by atoms with Crippen LogP contribution in [0, 0.1) is 17.8 Å². The maximum Gasteiger partial charge on any atom is 0.308 e. The second-order valence-electron chi connectivity index (χ2n) is 5.48. The van der Waals surface area contributed by atoms with Gasteiger partial charge >= 0.3 is 5.97 Å². The summed E-state index contributed by atoms with van der Waals surface area (Å²) in [5.74, 6) is 1.91. The Balaban J connectivity index is 1.84. The van der Waals surface area contributed by atoms with Crippen LogP contribution in [0.4, 0.5) is 0 Å². The normalized spacial score (nSPS) is 29.5. The molecule has 5 heteroatoms. The Kier molecular flexibility index (Phi) is 4.54. The first-order valence-corrected chi connectivity index (χ1v) is 7.81.